The predicted octanol–water partition coefficient (Wildman–Crippen LogP) is 2.74. The number of hydrogen-bond donors (Lipinski definition) is 1. The largest absolute Gasteiger partial charge is 0.309 e. The Kier molecular flexibility index (Phi) is 4.41. The molecule has 2 heterocycles. The van der Waals surface area contributed by atoms with Crippen LogP contribution in [-0.4, -0.2) is 34.6 Å². The van der Waals surface area contributed by atoms with Crippen molar-refractivity contribution >= 4 is 11.3 Å². The molecule has 1 fully saturated rings. The van der Waals surface area contributed by atoms with Gasteiger partial charge in [-0.25, -0.2) is 0 Å². The Balaban J connectivity index is 2.09. The molecule has 1 aromatic rings. The van der Waals surface area contributed by atoms with E-state index in [2.05, 4.69) is 42.9 Å². The van der Waals surface area contributed by atoms with Gasteiger partial charge in [0.1, 0.15) is 0 Å². The lowest BCUT2D eigenvalue weighted by Crippen LogP contribution is -2.62. The molecule has 2 unspecified atom stereocenters. The zero-order chi connectivity index (χ0) is 13.2. The third-order valence-corrected chi connectivity index (χ3v) is 4.76. The Morgan fingerprint density at radius 3 is 3.00 bits per heavy atom. The van der Waals surface area contributed by atoms with Crippen LogP contribution in [-0.2, 0) is 6.54 Å². The summed E-state index contributed by atoms with van der Waals surface area (Å²) in [6, 6.07) is 0.644. The van der Waals surface area contributed by atoms with E-state index in [1.54, 1.807) is 11.3 Å². The fourth-order valence-electron chi connectivity index (χ4n) is 2.72. The second-order valence-corrected chi connectivity index (χ2v) is 7.06. The standard InChI is InChI=1S/C14H25N3S/c1-5-11(2)13-7-16-14(3,4)9-17(13)8-12-6-15-10-18-12/h6,10-11,13,16H,5,7-9H2,1-4H3. The molecule has 102 valence electrons. The Morgan fingerprint density at radius 1 is 1.61 bits per heavy atom. The predicted molar refractivity (Wildman–Crippen MR) is 77.8 cm³/mol. The molecule has 2 atom stereocenters. The summed E-state index contributed by atoms with van der Waals surface area (Å²) in [6.45, 7) is 12.5. The summed E-state index contributed by atoms with van der Waals surface area (Å²) in [5.74, 6) is 0.738. The van der Waals surface area contributed by atoms with E-state index in [9.17, 15) is 0 Å². The molecular formula is C14H25N3S. The molecule has 18 heavy (non-hydrogen) atoms. The molecular weight excluding hydrogens is 242 g/mol. The maximum Gasteiger partial charge on any atom is 0.0794 e. The van der Waals surface area contributed by atoms with Crippen molar-refractivity contribution in [3.05, 3.63) is 16.6 Å². The Morgan fingerprint density at radius 2 is 2.39 bits per heavy atom. The quantitative estimate of drug-likeness (QED) is 0.909. The van der Waals surface area contributed by atoms with Crippen LogP contribution in [0, 0.1) is 5.92 Å². The number of hydrogen-bond acceptors (Lipinski definition) is 4. The smallest absolute Gasteiger partial charge is 0.0794 e. The number of thiazole rings is 1. The van der Waals surface area contributed by atoms with Crippen molar-refractivity contribution in [2.45, 2.75) is 52.2 Å². The minimum Gasteiger partial charge on any atom is -0.309 e. The first-order valence-electron chi connectivity index (χ1n) is 6.88. The minimum atomic E-state index is 0.217. The van der Waals surface area contributed by atoms with Crippen LogP contribution in [0.4, 0.5) is 0 Å². The highest BCUT2D eigenvalue weighted by atomic mass is 32.1. The van der Waals surface area contributed by atoms with Crippen molar-refractivity contribution in [3.8, 4) is 0 Å². The van der Waals surface area contributed by atoms with Crippen LogP contribution in [0.15, 0.2) is 11.7 Å². The molecule has 0 radical (unpaired) electrons. The lowest BCUT2D eigenvalue weighted by Gasteiger charge is -2.46. The topological polar surface area (TPSA) is 28.2 Å². The van der Waals surface area contributed by atoms with E-state index < -0.39 is 0 Å². The Hall–Kier alpha value is -0.450. The summed E-state index contributed by atoms with van der Waals surface area (Å²) in [4.78, 5) is 8.20. The third kappa shape index (κ3) is 3.31. The van der Waals surface area contributed by atoms with Crippen LogP contribution in [0.5, 0.6) is 0 Å². The third-order valence-electron chi connectivity index (χ3n) is 4.00. The highest BCUT2D eigenvalue weighted by molar-refractivity contribution is 7.09. The average molecular weight is 267 g/mol. The van der Waals surface area contributed by atoms with Crippen molar-refractivity contribution in [1.82, 2.24) is 15.2 Å². The van der Waals surface area contributed by atoms with E-state index >= 15 is 0 Å². The highest BCUT2D eigenvalue weighted by Gasteiger charge is 2.34. The number of piperazine rings is 1. The maximum absolute atomic E-state index is 4.19. The fraction of sp³-hybridized carbons (Fsp3) is 0.786. The molecule has 0 bridgehead atoms. The van der Waals surface area contributed by atoms with Gasteiger partial charge in [-0.3, -0.25) is 9.88 Å². The second kappa shape index (κ2) is 5.68. The zero-order valence-electron chi connectivity index (χ0n) is 11.9. The monoisotopic (exact) mass is 267 g/mol. The van der Waals surface area contributed by atoms with Gasteiger partial charge in [-0.1, -0.05) is 20.3 Å². The normalized spacial score (nSPS) is 26.1. The van der Waals surface area contributed by atoms with Gasteiger partial charge in [0.05, 0.1) is 5.51 Å². The van der Waals surface area contributed by atoms with Gasteiger partial charge in [0.2, 0.25) is 0 Å². The van der Waals surface area contributed by atoms with Gasteiger partial charge in [-0.15, -0.1) is 11.3 Å². The second-order valence-electron chi connectivity index (χ2n) is 6.09. The zero-order valence-corrected chi connectivity index (χ0v) is 12.8. The molecule has 0 amide bonds. The molecule has 4 heteroatoms. The molecule has 0 aliphatic carbocycles. The van der Waals surface area contributed by atoms with E-state index in [1.807, 2.05) is 11.7 Å². The van der Waals surface area contributed by atoms with Gasteiger partial charge in [-0.2, -0.15) is 0 Å². The van der Waals surface area contributed by atoms with Crippen molar-refractivity contribution in [3.63, 3.8) is 0 Å². The first kappa shape index (κ1) is 14.0. The van der Waals surface area contributed by atoms with Gasteiger partial charge in [0.25, 0.3) is 0 Å². The van der Waals surface area contributed by atoms with Crippen LogP contribution in [0.25, 0.3) is 0 Å². The minimum absolute atomic E-state index is 0.217. The summed E-state index contributed by atoms with van der Waals surface area (Å²) in [5, 5.41) is 3.68. The Bertz CT molecular complexity index is 361. The molecule has 0 spiro atoms. The molecule has 0 saturated carbocycles. The van der Waals surface area contributed by atoms with Crippen molar-refractivity contribution in [2.75, 3.05) is 13.1 Å². The van der Waals surface area contributed by atoms with Gasteiger partial charge in [0, 0.05) is 42.3 Å². The first-order valence-corrected chi connectivity index (χ1v) is 7.76. The van der Waals surface area contributed by atoms with Crippen molar-refractivity contribution in [2.24, 2.45) is 5.92 Å². The van der Waals surface area contributed by atoms with Crippen molar-refractivity contribution in [1.29, 1.82) is 0 Å². The molecule has 1 aromatic heterocycles. The van der Waals surface area contributed by atoms with Crippen LogP contribution in [0.1, 0.15) is 39.0 Å². The average Bonchev–Trinajstić information content (AvgIpc) is 2.80. The molecule has 1 aliphatic heterocycles. The summed E-state index contributed by atoms with van der Waals surface area (Å²) in [6.07, 6.45) is 3.25. The van der Waals surface area contributed by atoms with Crippen LogP contribution < -0.4 is 5.32 Å². The van der Waals surface area contributed by atoms with Gasteiger partial charge >= 0.3 is 0 Å². The molecule has 1 N–H and O–H groups in total. The van der Waals surface area contributed by atoms with E-state index in [-0.39, 0.29) is 5.54 Å². The lowest BCUT2D eigenvalue weighted by atomic mass is 9.91. The summed E-state index contributed by atoms with van der Waals surface area (Å²) >= 11 is 1.76. The van der Waals surface area contributed by atoms with E-state index in [1.165, 1.54) is 11.3 Å². The number of nitrogens with one attached hydrogen (secondary N) is 1. The Labute approximate surface area is 115 Å². The van der Waals surface area contributed by atoms with Gasteiger partial charge < -0.3 is 5.32 Å². The summed E-state index contributed by atoms with van der Waals surface area (Å²) in [5.41, 5.74) is 2.15. The first-order chi connectivity index (χ1) is 8.52. The van der Waals surface area contributed by atoms with Crippen LogP contribution >= 0.6 is 11.3 Å². The summed E-state index contributed by atoms with van der Waals surface area (Å²) < 4.78 is 0. The summed E-state index contributed by atoms with van der Waals surface area (Å²) in [7, 11) is 0. The van der Waals surface area contributed by atoms with E-state index in [0.717, 1.165) is 25.6 Å². The maximum atomic E-state index is 4.19. The molecule has 2 rings (SSSR count). The van der Waals surface area contributed by atoms with E-state index in [4.69, 9.17) is 0 Å². The number of nitrogens with zero attached hydrogens (tertiary/aromatic N) is 2. The van der Waals surface area contributed by atoms with Gasteiger partial charge in [0.15, 0.2) is 0 Å². The highest BCUT2D eigenvalue weighted by Crippen LogP contribution is 2.24. The van der Waals surface area contributed by atoms with Crippen LogP contribution in [0.2, 0.25) is 0 Å². The number of aromatic nitrogens is 1. The van der Waals surface area contributed by atoms with Gasteiger partial charge in [-0.05, 0) is 19.8 Å². The molecule has 1 aliphatic rings. The van der Waals surface area contributed by atoms with Crippen molar-refractivity contribution < 1.29 is 0 Å². The van der Waals surface area contributed by atoms with E-state index in [0.29, 0.717) is 6.04 Å². The molecule has 0 aromatic carbocycles. The lowest BCUT2D eigenvalue weighted by molar-refractivity contribution is 0.0579. The molecule has 1 saturated heterocycles. The fourth-order valence-corrected chi connectivity index (χ4v) is 3.34. The SMILES string of the molecule is CCC(C)C1CNC(C)(C)CN1Cc1cncs1. The molecule has 3 nitrogen and oxygen atoms in total. The number of rotatable bonds is 4. The van der Waals surface area contributed by atoms with Crippen LogP contribution in [0.3, 0.4) is 0 Å².